The molecule has 0 aromatic heterocycles. The molecule has 0 radical (unpaired) electrons. The van der Waals surface area contributed by atoms with Crippen molar-refractivity contribution in [1.82, 2.24) is 0 Å². The molecule has 0 spiro atoms. The predicted octanol–water partition coefficient (Wildman–Crippen LogP) is 4.45. The lowest BCUT2D eigenvalue weighted by Gasteiger charge is -2.12. The van der Waals surface area contributed by atoms with Crippen molar-refractivity contribution in [3.05, 3.63) is 68.8 Å². The van der Waals surface area contributed by atoms with Crippen molar-refractivity contribution in [2.45, 2.75) is 40.5 Å². The first-order chi connectivity index (χ1) is 10.5. The first kappa shape index (κ1) is 15.8. The third kappa shape index (κ3) is 3.18. The Balaban J connectivity index is 2.33. The van der Waals surface area contributed by atoms with E-state index in [0.29, 0.717) is 0 Å². The van der Waals surface area contributed by atoms with E-state index in [9.17, 15) is 10.5 Å². The van der Waals surface area contributed by atoms with Crippen molar-refractivity contribution >= 4 is 0 Å². The number of rotatable bonds is 3. The van der Waals surface area contributed by atoms with Crippen LogP contribution in [0.3, 0.4) is 0 Å². The van der Waals surface area contributed by atoms with Gasteiger partial charge >= 0.3 is 0 Å². The van der Waals surface area contributed by atoms with Crippen LogP contribution in [0.5, 0.6) is 0 Å². The molecule has 0 aliphatic carbocycles. The minimum atomic E-state index is 0.758. The van der Waals surface area contributed by atoms with Crippen molar-refractivity contribution in [3.8, 4) is 12.1 Å². The van der Waals surface area contributed by atoms with E-state index in [4.69, 9.17) is 0 Å². The molecule has 0 bridgehead atoms. The molecule has 0 saturated carbocycles. The van der Waals surface area contributed by atoms with E-state index >= 15 is 0 Å². The van der Waals surface area contributed by atoms with E-state index in [2.05, 4.69) is 24.3 Å². The summed E-state index contributed by atoms with van der Waals surface area (Å²) >= 11 is 0. The molecule has 0 aliphatic rings. The monoisotopic (exact) mass is 288 g/mol. The quantitative estimate of drug-likeness (QED) is 0.837. The zero-order valence-electron chi connectivity index (χ0n) is 13.6. The van der Waals surface area contributed by atoms with Crippen molar-refractivity contribution in [2.24, 2.45) is 0 Å². The van der Waals surface area contributed by atoms with Crippen molar-refractivity contribution < 1.29 is 0 Å². The second-order valence-electron chi connectivity index (χ2n) is 5.92. The van der Waals surface area contributed by atoms with Crippen LogP contribution in [0.4, 0.5) is 0 Å². The number of aryl methyl sites for hydroxylation is 4. The molecule has 0 atom stereocenters. The smallest absolute Gasteiger partial charge is 0.0994 e. The maximum Gasteiger partial charge on any atom is 0.0994 e. The van der Waals surface area contributed by atoms with Crippen LogP contribution in [-0.2, 0) is 12.8 Å². The highest BCUT2D eigenvalue weighted by molar-refractivity contribution is 5.47. The summed E-state index contributed by atoms with van der Waals surface area (Å²) in [5.74, 6) is 0. The fraction of sp³-hybridized carbons (Fsp3) is 0.300. The summed E-state index contributed by atoms with van der Waals surface area (Å²) in [5, 5.41) is 18.4. The molecule has 2 heteroatoms. The largest absolute Gasteiger partial charge is 0.192 e. The van der Waals surface area contributed by atoms with Crippen LogP contribution >= 0.6 is 0 Å². The summed E-state index contributed by atoms with van der Waals surface area (Å²) < 4.78 is 0. The summed E-state index contributed by atoms with van der Waals surface area (Å²) in [6, 6.07) is 12.7. The Hall–Kier alpha value is -2.58. The van der Waals surface area contributed by atoms with Crippen molar-refractivity contribution in [1.29, 1.82) is 10.5 Å². The average Bonchev–Trinajstić information content (AvgIpc) is 2.50. The van der Waals surface area contributed by atoms with Gasteiger partial charge in [-0.1, -0.05) is 12.1 Å². The lowest BCUT2D eigenvalue weighted by molar-refractivity contribution is 0.932. The standard InChI is InChI=1S/C20H20N2/c1-13-7-17(15(3)19(9-13)11-21)5-6-18-8-14(2)10-20(12-22)16(18)4/h7-10H,5-6H2,1-4H3. The highest BCUT2D eigenvalue weighted by Gasteiger charge is 2.09. The van der Waals surface area contributed by atoms with Gasteiger partial charge in [0.2, 0.25) is 0 Å². The number of benzene rings is 2. The Morgan fingerprint density at radius 1 is 0.682 bits per heavy atom. The SMILES string of the molecule is Cc1cc(C#N)c(C)c(CCc2cc(C)cc(C#N)c2C)c1. The highest BCUT2D eigenvalue weighted by atomic mass is 14.3. The van der Waals surface area contributed by atoms with E-state index in [1.807, 2.05) is 39.8 Å². The van der Waals surface area contributed by atoms with Crippen LogP contribution in [0.2, 0.25) is 0 Å². The van der Waals surface area contributed by atoms with E-state index in [0.717, 1.165) is 46.2 Å². The molecule has 0 unspecified atom stereocenters. The van der Waals surface area contributed by atoms with Gasteiger partial charge in [0.25, 0.3) is 0 Å². The number of nitriles is 2. The molecule has 110 valence electrons. The Morgan fingerprint density at radius 3 is 1.36 bits per heavy atom. The second kappa shape index (κ2) is 6.46. The molecular weight excluding hydrogens is 268 g/mol. The molecule has 2 nitrogen and oxygen atoms in total. The van der Waals surface area contributed by atoms with Gasteiger partial charge in [-0.05, 0) is 86.1 Å². The van der Waals surface area contributed by atoms with Gasteiger partial charge in [-0.3, -0.25) is 0 Å². The van der Waals surface area contributed by atoms with Crippen LogP contribution in [0.1, 0.15) is 44.5 Å². The second-order valence-corrected chi connectivity index (χ2v) is 5.92. The Morgan fingerprint density at radius 2 is 1.05 bits per heavy atom. The van der Waals surface area contributed by atoms with Gasteiger partial charge in [-0.2, -0.15) is 10.5 Å². The van der Waals surface area contributed by atoms with Crippen molar-refractivity contribution in [2.75, 3.05) is 0 Å². The summed E-state index contributed by atoms with van der Waals surface area (Å²) in [5.41, 5.74) is 8.33. The Kier molecular flexibility index (Phi) is 4.64. The van der Waals surface area contributed by atoms with Gasteiger partial charge in [0.15, 0.2) is 0 Å². The molecule has 22 heavy (non-hydrogen) atoms. The van der Waals surface area contributed by atoms with Crippen LogP contribution < -0.4 is 0 Å². The lowest BCUT2D eigenvalue weighted by atomic mass is 9.92. The van der Waals surface area contributed by atoms with Gasteiger partial charge in [0.05, 0.1) is 23.3 Å². The summed E-state index contributed by atoms with van der Waals surface area (Å²) in [6.07, 6.45) is 1.77. The molecule has 0 saturated heterocycles. The van der Waals surface area contributed by atoms with E-state index in [-0.39, 0.29) is 0 Å². The van der Waals surface area contributed by atoms with Crippen LogP contribution in [0.15, 0.2) is 24.3 Å². The Bertz CT molecular complexity index is 732. The summed E-state index contributed by atoms with van der Waals surface area (Å²) in [4.78, 5) is 0. The third-order valence-electron chi connectivity index (χ3n) is 4.22. The highest BCUT2D eigenvalue weighted by Crippen LogP contribution is 2.21. The van der Waals surface area contributed by atoms with E-state index in [1.54, 1.807) is 0 Å². The van der Waals surface area contributed by atoms with Crippen LogP contribution in [-0.4, -0.2) is 0 Å². The van der Waals surface area contributed by atoms with Gasteiger partial charge in [-0.25, -0.2) is 0 Å². The predicted molar refractivity (Wildman–Crippen MR) is 88.7 cm³/mol. The van der Waals surface area contributed by atoms with Crippen LogP contribution in [0, 0.1) is 50.4 Å². The molecule has 0 fully saturated rings. The first-order valence-electron chi connectivity index (χ1n) is 7.46. The van der Waals surface area contributed by atoms with Crippen LogP contribution in [0.25, 0.3) is 0 Å². The van der Waals surface area contributed by atoms with Gasteiger partial charge in [0.1, 0.15) is 0 Å². The number of hydrogen-bond acceptors (Lipinski definition) is 2. The summed E-state index contributed by atoms with van der Waals surface area (Å²) in [6.45, 7) is 8.07. The van der Waals surface area contributed by atoms with Gasteiger partial charge in [-0.15, -0.1) is 0 Å². The normalized spacial score (nSPS) is 10.1. The molecule has 0 amide bonds. The zero-order chi connectivity index (χ0) is 16.3. The number of nitrogens with zero attached hydrogens (tertiary/aromatic N) is 2. The van der Waals surface area contributed by atoms with Gasteiger partial charge < -0.3 is 0 Å². The molecule has 0 heterocycles. The molecule has 2 aromatic rings. The van der Waals surface area contributed by atoms with E-state index < -0.39 is 0 Å². The third-order valence-corrected chi connectivity index (χ3v) is 4.22. The molecular formula is C20H20N2. The zero-order valence-corrected chi connectivity index (χ0v) is 13.6. The Labute approximate surface area is 132 Å². The molecule has 2 aromatic carbocycles. The topological polar surface area (TPSA) is 47.6 Å². The van der Waals surface area contributed by atoms with Gasteiger partial charge in [0, 0.05) is 0 Å². The maximum atomic E-state index is 9.22. The molecule has 0 N–H and O–H groups in total. The fourth-order valence-corrected chi connectivity index (χ4v) is 2.89. The summed E-state index contributed by atoms with van der Waals surface area (Å²) in [7, 11) is 0. The average molecular weight is 288 g/mol. The molecule has 2 rings (SSSR count). The number of hydrogen-bond donors (Lipinski definition) is 0. The van der Waals surface area contributed by atoms with E-state index in [1.165, 1.54) is 11.1 Å². The fourth-order valence-electron chi connectivity index (χ4n) is 2.89. The van der Waals surface area contributed by atoms with Crippen molar-refractivity contribution in [3.63, 3.8) is 0 Å². The minimum absolute atomic E-state index is 0.758. The minimum Gasteiger partial charge on any atom is -0.192 e. The lowest BCUT2D eigenvalue weighted by Crippen LogP contribution is -2.01. The molecule has 0 aliphatic heterocycles. The first-order valence-corrected chi connectivity index (χ1v) is 7.46. The maximum absolute atomic E-state index is 9.22.